The van der Waals surface area contributed by atoms with Crippen molar-refractivity contribution in [3.63, 3.8) is 0 Å². The molecule has 0 fully saturated rings. The molecule has 1 heterocycles. The van der Waals surface area contributed by atoms with Crippen LogP contribution < -0.4 is 9.47 Å². The highest BCUT2D eigenvalue weighted by molar-refractivity contribution is 7.15. The molecule has 0 saturated heterocycles. The average molecular weight is 302 g/mol. The fourth-order valence-electron chi connectivity index (χ4n) is 1.94. The fourth-order valence-corrected chi connectivity index (χ4v) is 2.88. The number of nitrogens with zero attached hydrogens (tertiary/aromatic N) is 2. The predicted molar refractivity (Wildman–Crippen MR) is 84.0 cm³/mol. The average Bonchev–Trinajstić information content (AvgIpc) is 2.95. The highest BCUT2D eigenvalue weighted by atomic mass is 32.1. The molecular formula is C16H18N2O2S. The van der Waals surface area contributed by atoms with Gasteiger partial charge >= 0.3 is 0 Å². The molecule has 1 aromatic carbocycles. The zero-order valence-electron chi connectivity index (χ0n) is 12.5. The Hall–Kier alpha value is -2.06. The summed E-state index contributed by atoms with van der Waals surface area (Å²) in [5.74, 6) is 1.42. The van der Waals surface area contributed by atoms with Gasteiger partial charge in [-0.25, -0.2) is 4.98 Å². The van der Waals surface area contributed by atoms with Crippen molar-refractivity contribution in [1.82, 2.24) is 4.98 Å². The van der Waals surface area contributed by atoms with Crippen LogP contribution >= 0.6 is 11.3 Å². The molecule has 0 aliphatic rings. The molecule has 0 amide bonds. The van der Waals surface area contributed by atoms with Crippen LogP contribution in [0.5, 0.6) is 11.5 Å². The van der Waals surface area contributed by atoms with Crippen molar-refractivity contribution in [3.8, 4) is 28.1 Å². The minimum atomic E-state index is 0.640. The molecule has 0 N–H and O–H groups in total. The van der Waals surface area contributed by atoms with Gasteiger partial charge in [-0.05, 0) is 31.0 Å². The minimum Gasteiger partial charge on any atom is -0.493 e. The van der Waals surface area contributed by atoms with Crippen molar-refractivity contribution in [2.24, 2.45) is 0 Å². The van der Waals surface area contributed by atoms with Crippen LogP contribution in [0.3, 0.4) is 0 Å². The Morgan fingerprint density at radius 3 is 2.67 bits per heavy atom. The number of ether oxygens (including phenoxy) is 2. The van der Waals surface area contributed by atoms with Crippen molar-refractivity contribution in [2.45, 2.75) is 26.7 Å². The van der Waals surface area contributed by atoms with Gasteiger partial charge < -0.3 is 9.47 Å². The van der Waals surface area contributed by atoms with Crippen molar-refractivity contribution < 1.29 is 9.47 Å². The van der Waals surface area contributed by atoms with Crippen molar-refractivity contribution in [1.29, 1.82) is 5.26 Å². The van der Waals surface area contributed by atoms with Crippen LogP contribution in [0, 0.1) is 11.3 Å². The third kappa shape index (κ3) is 3.34. The number of rotatable bonds is 6. The Morgan fingerprint density at radius 1 is 1.29 bits per heavy atom. The Labute approximate surface area is 129 Å². The van der Waals surface area contributed by atoms with Crippen molar-refractivity contribution in [3.05, 3.63) is 28.8 Å². The van der Waals surface area contributed by atoms with E-state index in [2.05, 4.69) is 18.0 Å². The summed E-state index contributed by atoms with van der Waals surface area (Å²) in [6.45, 7) is 4.70. The number of hydrogen-bond donors (Lipinski definition) is 0. The lowest BCUT2D eigenvalue weighted by atomic mass is 10.2. The van der Waals surface area contributed by atoms with E-state index >= 15 is 0 Å². The molecule has 0 unspecified atom stereocenters. The van der Waals surface area contributed by atoms with Gasteiger partial charge in [-0.3, -0.25) is 0 Å². The van der Waals surface area contributed by atoms with Crippen molar-refractivity contribution in [2.75, 3.05) is 13.7 Å². The lowest BCUT2D eigenvalue weighted by molar-refractivity contribution is 0.294. The lowest BCUT2D eigenvalue weighted by Gasteiger charge is -2.10. The smallest absolute Gasteiger partial charge is 0.161 e. The van der Waals surface area contributed by atoms with Gasteiger partial charge in [-0.15, -0.1) is 11.3 Å². The van der Waals surface area contributed by atoms with Crippen LogP contribution in [0.2, 0.25) is 0 Å². The van der Waals surface area contributed by atoms with Gasteiger partial charge in [-0.1, -0.05) is 13.8 Å². The van der Waals surface area contributed by atoms with Crippen LogP contribution in [0.4, 0.5) is 0 Å². The molecule has 1 aromatic heterocycles. The fraction of sp³-hybridized carbons (Fsp3) is 0.375. The van der Waals surface area contributed by atoms with Crippen LogP contribution in [0.1, 0.15) is 30.8 Å². The van der Waals surface area contributed by atoms with E-state index in [0.717, 1.165) is 29.1 Å². The molecule has 0 saturated carbocycles. The van der Waals surface area contributed by atoms with E-state index in [0.29, 0.717) is 23.0 Å². The Bertz CT molecular complexity index is 659. The van der Waals surface area contributed by atoms with E-state index in [4.69, 9.17) is 14.7 Å². The summed E-state index contributed by atoms with van der Waals surface area (Å²) in [6.07, 6.45) is 1.69. The maximum Gasteiger partial charge on any atom is 0.161 e. The van der Waals surface area contributed by atoms with E-state index in [1.165, 1.54) is 11.3 Å². The molecule has 0 aliphatic heterocycles. The highest BCUT2D eigenvalue weighted by Gasteiger charge is 2.13. The first-order valence-corrected chi connectivity index (χ1v) is 7.76. The quantitative estimate of drug-likeness (QED) is 0.808. The molecule has 0 aliphatic carbocycles. The van der Waals surface area contributed by atoms with E-state index in [1.54, 1.807) is 7.11 Å². The topological polar surface area (TPSA) is 55.1 Å². The largest absolute Gasteiger partial charge is 0.493 e. The molecular weight excluding hydrogens is 284 g/mol. The van der Waals surface area contributed by atoms with E-state index < -0.39 is 0 Å². The number of methoxy groups -OCH3 is 1. The lowest BCUT2D eigenvalue weighted by Crippen LogP contribution is -1.98. The molecule has 0 radical (unpaired) electrons. The second-order valence-corrected chi connectivity index (χ2v) is 5.47. The summed E-state index contributed by atoms with van der Waals surface area (Å²) in [6, 6.07) is 7.95. The first kappa shape index (κ1) is 15.3. The highest BCUT2D eigenvalue weighted by Crippen LogP contribution is 2.35. The number of nitriles is 1. The Balaban J connectivity index is 2.40. The third-order valence-corrected chi connectivity index (χ3v) is 4.06. The van der Waals surface area contributed by atoms with Gasteiger partial charge in [0.05, 0.1) is 19.4 Å². The number of benzene rings is 1. The standard InChI is InChI=1S/C16H18N2O2S/c1-4-8-20-14-9-11(6-7-13(14)19-3)16-18-12(5-2)15(10-17)21-16/h6-7,9H,4-5,8H2,1-3H3. The van der Waals surface area contributed by atoms with Crippen molar-refractivity contribution >= 4 is 11.3 Å². The molecule has 110 valence electrons. The van der Waals surface area contributed by atoms with Gasteiger partial charge in [0, 0.05) is 5.56 Å². The number of aromatic nitrogens is 1. The van der Waals surface area contributed by atoms with E-state index in [1.807, 2.05) is 25.1 Å². The summed E-state index contributed by atoms with van der Waals surface area (Å²) in [5, 5.41) is 9.98. The Morgan fingerprint density at radius 2 is 2.10 bits per heavy atom. The zero-order valence-corrected chi connectivity index (χ0v) is 13.3. The second kappa shape index (κ2) is 7.09. The predicted octanol–water partition coefficient (Wildman–Crippen LogP) is 4.04. The molecule has 5 heteroatoms. The first-order chi connectivity index (χ1) is 10.2. The number of thiazole rings is 1. The van der Waals surface area contributed by atoms with Crippen LogP contribution in [0.15, 0.2) is 18.2 Å². The summed E-state index contributed by atoms with van der Waals surface area (Å²) in [7, 11) is 1.63. The molecule has 0 atom stereocenters. The normalized spacial score (nSPS) is 10.2. The van der Waals surface area contributed by atoms with Crippen LogP contribution in [-0.4, -0.2) is 18.7 Å². The minimum absolute atomic E-state index is 0.640. The monoisotopic (exact) mass is 302 g/mol. The molecule has 0 bridgehead atoms. The maximum atomic E-state index is 9.14. The second-order valence-electron chi connectivity index (χ2n) is 4.47. The van der Waals surface area contributed by atoms with Crippen LogP contribution in [0.25, 0.3) is 10.6 Å². The van der Waals surface area contributed by atoms with Gasteiger partial charge in [-0.2, -0.15) is 5.26 Å². The SMILES string of the molecule is CCCOc1cc(-c2nc(CC)c(C#N)s2)ccc1OC. The summed E-state index contributed by atoms with van der Waals surface area (Å²) in [4.78, 5) is 5.23. The maximum absolute atomic E-state index is 9.14. The van der Waals surface area contributed by atoms with E-state index in [-0.39, 0.29) is 0 Å². The molecule has 2 aromatic rings. The summed E-state index contributed by atoms with van der Waals surface area (Å²) >= 11 is 1.41. The summed E-state index contributed by atoms with van der Waals surface area (Å²) in [5.41, 5.74) is 1.80. The number of aryl methyl sites for hydroxylation is 1. The molecule has 21 heavy (non-hydrogen) atoms. The Kier molecular flexibility index (Phi) is 5.18. The summed E-state index contributed by atoms with van der Waals surface area (Å²) < 4.78 is 11.0. The molecule has 2 rings (SSSR count). The van der Waals surface area contributed by atoms with Gasteiger partial charge in [0.15, 0.2) is 11.5 Å². The molecule has 4 nitrogen and oxygen atoms in total. The van der Waals surface area contributed by atoms with Gasteiger partial charge in [0.2, 0.25) is 0 Å². The first-order valence-electron chi connectivity index (χ1n) is 6.94. The van der Waals surface area contributed by atoms with Gasteiger partial charge in [0.25, 0.3) is 0 Å². The molecule has 0 spiro atoms. The van der Waals surface area contributed by atoms with Gasteiger partial charge in [0.1, 0.15) is 16.0 Å². The number of hydrogen-bond acceptors (Lipinski definition) is 5. The van der Waals surface area contributed by atoms with E-state index in [9.17, 15) is 0 Å². The zero-order chi connectivity index (χ0) is 15.2. The van der Waals surface area contributed by atoms with Crippen LogP contribution in [-0.2, 0) is 6.42 Å². The third-order valence-electron chi connectivity index (χ3n) is 3.01.